The van der Waals surface area contributed by atoms with Gasteiger partial charge in [0, 0.05) is 24.7 Å². The van der Waals surface area contributed by atoms with E-state index in [9.17, 15) is 4.79 Å². The summed E-state index contributed by atoms with van der Waals surface area (Å²) in [7, 11) is 1.80. The number of anilines is 1. The number of hydrogen-bond donors (Lipinski definition) is 2. The van der Waals surface area contributed by atoms with Crippen molar-refractivity contribution in [2.24, 2.45) is 5.92 Å². The molecule has 4 rings (SSSR count). The van der Waals surface area contributed by atoms with Crippen LogP contribution in [0.3, 0.4) is 0 Å². The zero-order valence-electron chi connectivity index (χ0n) is 13.7. The molecule has 0 aromatic carbocycles. The fourth-order valence-corrected chi connectivity index (χ4v) is 1.85. The molecule has 23 heavy (non-hydrogen) atoms. The van der Waals surface area contributed by atoms with Crippen molar-refractivity contribution in [3.63, 3.8) is 0 Å². The number of pyridine rings is 1. The van der Waals surface area contributed by atoms with E-state index < -0.39 is 0 Å². The van der Waals surface area contributed by atoms with Crippen molar-refractivity contribution in [1.29, 1.82) is 0 Å². The van der Waals surface area contributed by atoms with Crippen LogP contribution in [0.1, 0.15) is 26.7 Å². The Bertz CT molecular complexity index is 730. The SMILES string of the molecule is CC.CNc1nc2cccc(-c3cn[nH]c3)n2n1.O=CC1CC1. The van der Waals surface area contributed by atoms with Crippen LogP contribution in [0.5, 0.6) is 0 Å². The monoisotopic (exact) mass is 314 g/mol. The van der Waals surface area contributed by atoms with Gasteiger partial charge in [-0.1, -0.05) is 19.9 Å². The highest BCUT2D eigenvalue weighted by Gasteiger charge is 2.18. The van der Waals surface area contributed by atoms with Crippen LogP contribution in [0, 0.1) is 5.92 Å². The molecule has 7 heteroatoms. The van der Waals surface area contributed by atoms with Crippen LogP contribution in [0.4, 0.5) is 5.95 Å². The van der Waals surface area contributed by atoms with E-state index in [0.717, 1.165) is 36.0 Å². The van der Waals surface area contributed by atoms with E-state index in [1.807, 2.05) is 38.2 Å². The molecular formula is C16H22N6O. The Balaban J connectivity index is 0.000000232. The van der Waals surface area contributed by atoms with Gasteiger partial charge in [-0.25, -0.2) is 4.52 Å². The van der Waals surface area contributed by atoms with Crippen LogP contribution in [-0.2, 0) is 4.79 Å². The largest absolute Gasteiger partial charge is 0.356 e. The fourth-order valence-electron chi connectivity index (χ4n) is 1.85. The molecule has 3 aromatic heterocycles. The number of H-pyrrole nitrogens is 1. The Hall–Kier alpha value is -2.70. The van der Waals surface area contributed by atoms with Crippen molar-refractivity contribution in [2.45, 2.75) is 26.7 Å². The number of nitrogens with one attached hydrogen (secondary N) is 2. The lowest BCUT2D eigenvalue weighted by atomic mass is 10.2. The van der Waals surface area contributed by atoms with Gasteiger partial charge in [-0.15, -0.1) is 5.10 Å². The molecular weight excluding hydrogens is 292 g/mol. The molecule has 0 amide bonds. The Morgan fingerprint density at radius 1 is 1.35 bits per heavy atom. The summed E-state index contributed by atoms with van der Waals surface area (Å²) >= 11 is 0. The van der Waals surface area contributed by atoms with Crippen molar-refractivity contribution >= 4 is 17.9 Å². The van der Waals surface area contributed by atoms with Gasteiger partial charge in [0.15, 0.2) is 5.65 Å². The highest BCUT2D eigenvalue weighted by molar-refractivity contribution is 5.62. The normalized spacial score (nSPS) is 12.7. The molecule has 0 unspecified atom stereocenters. The molecule has 0 saturated heterocycles. The molecule has 1 aliphatic carbocycles. The van der Waals surface area contributed by atoms with E-state index in [1.54, 1.807) is 17.8 Å². The third-order valence-corrected chi connectivity index (χ3v) is 3.19. The predicted molar refractivity (Wildman–Crippen MR) is 90.3 cm³/mol. The maximum absolute atomic E-state index is 9.57. The summed E-state index contributed by atoms with van der Waals surface area (Å²) in [6.45, 7) is 4.00. The third kappa shape index (κ3) is 4.15. The summed E-state index contributed by atoms with van der Waals surface area (Å²) in [6, 6.07) is 5.84. The Kier molecular flexibility index (Phi) is 5.85. The first-order valence-corrected chi connectivity index (χ1v) is 7.80. The van der Waals surface area contributed by atoms with Crippen LogP contribution in [0.15, 0.2) is 30.6 Å². The van der Waals surface area contributed by atoms with Crippen LogP contribution < -0.4 is 5.32 Å². The van der Waals surface area contributed by atoms with Crippen LogP contribution >= 0.6 is 0 Å². The Morgan fingerprint density at radius 2 is 2.13 bits per heavy atom. The van der Waals surface area contributed by atoms with Gasteiger partial charge < -0.3 is 10.1 Å². The third-order valence-electron chi connectivity index (χ3n) is 3.19. The lowest BCUT2D eigenvalue weighted by Gasteiger charge is -1.99. The predicted octanol–water partition coefficient (Wildman–Crippen LogP) is 2.78. The average Bonchev–Trinajstić information content (AvgIpc) is 3.12. The van der Waals surface area contributed by atoms with Crippen LogP contribution in [0.25, 0.3) is 16.9 Å². The van der Waals surface area contributed by atoms with E-state index in [4.69, 9.17) is 0 Å². The van der Waals surface area contributed by atoms with E-state index in [2.05, 4.69) is 25.6 Å². The van der Waals surface area contributed by atoms with Gasteiger partial charge in [-0.3, -0.25) is 5.10 Å². The van der Waals surface area contributed by atoms with E-state index >= 15 is 0 Å². The number of nitrogens with zero attached hydrogens (tertiary/aromatic N) is 4. The number of aldehydes is 1. The van der Waals surface area contributed by atoms with Crippen molar-refractivity contribution in [2.75, 3.05) is 12.4 Å². The molecule has 3 heterocycles. The summed E-state index contributed by atoms with van der Waals surface area (Å²) in [4.78, 5) is 13.9. The number of fused-ring (bicyclic) bond motifs is 1. The van der Waals surface area contributed by atoms with Gasteiger partial charge in [-0.2, -0.15) is 10.1 Å². The van der Waals surface area contributed by atoms with Gasteiger partial charge in [0.25, 0.3) is 0 Å². The number of rotatable bonds is 3. The quantitative estimate of drug-likeness (QED) is 0.726. The van der Waals surface area contributed by atoms with Crippen LogP contribution in [-0.4, -0.2) is 38.1 Å². The summed E-state index contributed by atoms with van der Waals surface area (Å²) in [5, 5.41) is 14.0. The second kappa shape index (κ2) is 8.07. The number of aromatic amines is 1. The maximum atomic E-state index is 9.57. The zero-order valence-corrected chi connectivity index (χ0v) is 13.7. The van der Waals surface area contributed by atoms with Gasteiger partial charge in [0.05, 0.1) is 11.9 Å². The summed E-state index contributed by atoms with van der Waals surface area (Å²) < 4.78 is 1.79. The molecule has 0 spiro atoms. The molecule has 0 aliphatic heterocycles. The van der Waals surface area contributed by atoms with E-state index in [0.29, 0.717) is 11.9 Å². The van der Waals surface area contributed by atoms with Crippen molar-refractivity contribution in [1.82, 2.24) is 24.8 Å². The minimum atomic E-state index is 0.454. The lowest BCUT2D eigenvalue weighted by molar-refractivity contribution is -0.108. The fraction of sp³-hybridized carbons (Fsp3) is 0.375. The number of carbonyl (C=O) groups excluding carboxylic acids is 1. The molecule has 1 aliphatic rings. The highest BCUT2D eigenvalue weighted by Crippen LogP contribution is 2.25. The topological polar surface area (TPSA) is 88.0 Å². The molecule has 3 aromatic rings. The minimum Gasteiger partial charge on any atom is -0.356 e. The first-order chi connectivity index (χ1) is 11.3. The molecule has 2 N–H and O–H groups in total. The van der Waals surface area contributed by atoms with Crippen molar-refractivity contribution < 1.29 is 4.79 Å². The van der Waals surface area contributed by atoms with Gasteiger partial charge in [-0.05, 0) is 25.0 Å². The van der Waals surface area contributed by atoms with Crippen LogP contribution in [0.2, 0.25) is 0 Å². The van der Waals surface area contributed by atoms with Gasteiger partial charge >= 0.3 is 0 Å². The Morgan fingerprint density at radius 3 is 2.65 bits per heavy atom. The summed E-state index contributed by atoms with van der Waals surface area (Å²) in [5.41, 5.74) is 2.75. The summed E-state index contributed by atoms with van der Waals surface area (Å²) in [5.74, 6) is 1.06. The second-order valence-corrected chi connectivity index (χ2v) is 4.83. The van der Waals surface area contributed by atoms with Gasteiger partial charge in [0.2, 0.25) is 5.95 Å². The summed E-state index contributed by atoms with van der Waals surface area (Å²) in [6.07, 6.45) is 6.90. The molecule has 0 radical (unpaired) electrons. The lowest BCUT2D eigenvalue weighted by Crippen LogP contribution is -1.94. The van der Waals surface area contributed by atoms with Gasteiger partial charge in [0.1, 0.15) is 6.29 Å². The van der Waals surface area contributed by atoms with Crippen molar-refractivity contribution in [3.05, 3.63) is 30.6 Å². The first kappa shape index (κ1) is 16.7. The second-order valence-electron chi connectivity index (χ2n) is 4.83. The van der Waals surface area contributed by atoms with E-state index in [1.165, 1.54) is 0 Å². The number of hydrogen-bond acceptors (Lipinski definition) is 5. The van der Waals surface area contributed by atoms with Crippen molar-refractivity contribution in [3.8, 4) is 11.3 Å². The molecule has 0 atom stereocenters. The molecule has 122 valence electrons. The molecule has 7 nitrogen and oxygen atoms in total. The van der Waals surface area contributed by atoms with E-state index in [-0.39, 0.29) is 0 Å². The Labute approximate surface area is 135 Å². The zero-order chi connectivity index (χ0) is 16.7. The molecule has 1 fully saturated rings. The highest BCUT2D eigenvalue weighted by atomic mass is 16.1. The smallest absolute Gasteiger partial charge is 0.242 e. The number of carbonyl (C=O) groups is 1. The first-order valence-electron chi connectivity index (χ1n) is 7.80. The molecule has 1 saturated carbocycles. The average molecular weight is 314 g/mol. The standard InChI is InChI=1S/C10H10N6.C4H6O.C2H6/c1-11-10-14-9-4-2-3-8(16(9)15-10)7-5-12-13-6-7;5-3-4-1-2-4;1-2/h2-6H,1H3,(H,11,15)(H,12,13);3-4H,1-2H2;1-2H3. The minimum absolute atomic E-state index is 0.454. The number of aromatic nitrogens is 5. The molecule has 0 bridgehead atoms. The maximum Gasteiger partial charge on any atom is 0.242 e.